The Morgan fingerprint density at radius 2 is 1.82 bits per heavy atom. The highest BCUT2D eigenvalue weighted by molar-refractivity contribution is 5.84. The Morgan fingerprint density at radius 3 is 2.55 bits per heavy atom. The lowest BCUT2D eigenvalue weighted by molar-refractivity contribution is -0.0501. The van der Waals surface area contributed by atoms with Crippen molar-refractivity contribution in [3.05, 3.63) is 60.4 Å². The molecule has 12 heteroatoms. The van der Waals surface area contributed by atoms with Gasteiger partial charge < -0.3 is 41.5 Å². The summed E-state index contributed by atoms with van der Waals surface area (Å²) < 4.78 is 7.28. The highest BCUT2D eigenvalue weighted by atomic mass is 16.6. The summed E-state index contributed by atoms with van der Waals surface area (Å²) in [5.74, 6) is 0.468. The third kappa shape index (κ3) is 4.99. The molecule has 200 valence electrons. The van der Waals surface area contributed by atoms with Gasteiger partial charge in [-0.3, -0.25) is 4.57 Å². The zero-order chi connectivity index (χ0) is 26.6. The minimum Gasteiger partial charge on any atom is -0.396 e. The first-order valence-corrected chi connectivity index (χ1v) is 12.4. The fourth-order valence-corrected chi connectivity index (χ4v) is 4.59. The highest BCUT2D eigenvalue weighted by Gasteiger charge is 2.45. The van der Waals surface area contributed by atoms with Gasteiger partial charge in [-0.15, -0.1) is 0 Å². The molecular weight excluding hydrogens is 490 g/mol. The first-order chi connectivity index (χ1) is 18.5. The molecule has 1 aliphatic rings. The molecule has 2 aromatic carbocycles. The smallest absolute Gasteiger partial charge is 0.207 e. The molecule has 1 saturated heterocycles. The van der Waals surface area contributed by atoms with E-state index in [0.29, 0.717) is 36.6 Å². The maximum absolute atomic E-state index is 10.7. The number of hydrogen-bond donors (Lipinski definition) is 7. The van der Waals surface area contributed by atoms with Gasteiger partial charge in [0.15, 0.2) is 23.2 Å². The Hall–Kier alpha value is -3.81. The number of fused-ring (bicyclic) bond motifs is 1. The van der Waals surface area contributed by atoms with Gasteiger partial charge in [0, 0.05) is 30.9 Å². The number of anilines is 3. The van der Waals surface area contributed by atoms with Crippen molar-refractivity contribution in [3.63, 3.8) is 0 Å². The summed E-state index contributed by atoms with van der Waals surface area (Å²) in [6.45, 7) is 0.612. The van der Waals surface area contributed by atoms with E-state index in [4.69, 9.17) is 10.5 Å². The summed E-state index contributed by atoms with van der Waals surface area (Å²) in [5, 5.41) is 46.5. The average Bonchev–Trinajstić information content (AvgIpc) is 3.45. The van der Waals surface area contributed by atoms with E-state index in [1.807, 2.05) is 48.5 Å². The maximum atomic E-state index is 10.7. The molecular formula is C26H31N7O5. The second-order valence-corrected chi connectivity index (χ2v) is 9.07. The Bertz CT molecular complexity index is 1380. The van der Waals surface area contributed by atoms with E-state index in [1.165, 1.54) is 10.9 Å². The van der Waals surface area contributed by atoms with E-state index in [-0.39, 0.29) is 12.4 Å². The summed E-state index contributed by atoms with van der Waals surface area (Å²) in [5.41, 5.74) is 10.6. The molecule has 0 saturated carbocycles. The van der Waals surface area contributed by atoms with Gasteiger partial charge in [-0.2, -0.15) is 0 Å². The Morgan fingerprint density at radius 1 is 1.00 bits per heavy atom. The monoisotopic (exact) mass is 521 g/mol. The van der Waals surface area contributed by atoms with Gasteiger partial charge in [0.25, 0.3) is 0 Å². The maximum Gasteiger partial charge on any atom is 0.207 e. The van der Waals surface area contributed by atoms with Crippen molar-refractivity contribution in [1.29, 1.82) is 0 Å². The quantitative estimate of drug-likeness (QED) is 0.148. The molecule has 0 amide bonds. The van der Waals surface area contributed by atoms with Crippen molar-refractivity contribution in [3.8, 4) is 11.1 Å². The minimum absolute atomic E-state index is 0.0953. The van der Waals surface area contributed by atoms with Crippen LogP contribution < -0.4 is 16.4 Å². The number of benzene rings is 2. The van der Waals surface area contributed by atoms with Crippen molar-refractivity contribution in [2.75, 3.05) is 36.1 Å². The summed E-state index contributed by atoms with van der Waals surface area (Å²) in [6, 6.07) is 16.1. The number of nitrogens with zero attached hydrogens (tertiary/aromatic N) is 4. The second-order valence-electron chi connectivity index (χ2n) is 9.07. The summed E-state index contributed by atoms with van der Waals surface area (Å²) in [7, 11) is 0. The molecule has 0 spiro atoms. The molecule has 4 atom stereocenters. The van der Waals surface area contributed by atoms with Crippen LogP contribution in [-0.4, -0.2) is 78.0 Å². The van der Waals surface area contributed by atoms with E-state index >= 15 is 0 Å². The van der Waals surface area contributed by atoms with Crippen molar-refractivity contribution in [2.24, 2.45) is 0 Å². The zero-order valence-electron chi connectivity index (χ0n) is 20.6. The lowest BCUT2D eigenvalue weighted by Gasteiger charge is -2.20. The Kier molecular flexibility index (Phi) is 7.67. The van der Waals surface area contributed by atoms with E-state index in [2.05, 4.69) is 25.6 Å². The first-order valence-electron chi connectivity index (χ1n) is 12.4. The number of rotatable bonds is 10. The third-order valence-electron chi connectivity index (χ3n) is 6.55. The van der Waals surface area contributed by atoms with Crippen LogP contribution in [0.25, 0.3) is 22.3 Å². The number of aliphatic hydroxyl groups excluding tert-OH is 4. The molecule has 0 radical (unpaired) electrons. The molecule has 1 fully saturated rings. The van der Waals surface area contributed by atoms with Crippen LogP contribution >= 0.6 is 0 Å². The molecule has 5 rings (SSSR count). The fraction of sp³-hybridized carbons (Fsp3) is 0.346. The zero-order valence-corrected chi connectivity index (χ0v) is 20.6. The van der Waals surface area contributed by atoms with Gasteiger partial charge >= 0.3 is 0 Å². The van der Waals surface area contributed by atoms with E-state index in [1.54, 1.807) is 0 Å². The molecule has 2 aromatic heterocycles. The number of ether oxygens (including phenoxy) is 1. The van der Waals surface area contributed by atoms with Crippen LogP contribution in [0.3, 0.4) is 0 Å². The van der Waals surface area contributed by atoms with Crippen molar-refractivity contribution >= 4 is 28.6 Å². The van der Waals surface area contributed by atoms with E-state index < -0.39 is 31.1 Å². The van der Waals surface area contributed by atoms with Crippen LogP contribution in [0.2, 0.25) is 0 Å². The normalized spacial score (nSPS) is 21.2. The molecule has 12 nitrogen and oxygen atoms in total. The lowest BCUT2D eigenvalue weighted by atomic mass is 10.0. The van der Waals surface area contributed by atoms with Crippen LogP contribution in [0.1, 0.15) is 18.2 Å². The predicted molar refractivity (Wildman–Crippen MR) is 142 cm³/mol. The standard InChI is InChI=1S/C26H31N7O5/c27-23-20-24(31-14-30-23)33(25-22(37)21(36)19(13-35)38-25)26(32-20)29-12-15-7-8-17(16-5-2-1-3-6-16)18(11-15)28-9-4-10-34/h1-3,5-8,11,14,19,21-22,25,28,34-37H,4,9-10,12-13H2,(H,29,32)(H2,27,30,31)/t19-,21-,22-,25-/m1/s1. The van der Waals surface area contributed by atoms with Gasteiger partial charge in [-0.1, -0.05) is 42.5 Å². The summed E-state index contributed by atoms with van der Waals surface area (Å²) >= 11 is 0. The van der Waals surface area contributed by atoms with Crippen LogP contribution in [0.15, 0.2) is 54.9 Å². The Labute approximate surface area is 218 Å². The first kappa shape index (κ1) is 25.8. The Balaban J connectivity index is 1.46. The van der Waals surface area contributed by atoms with Crippen molar-refractivity contribution in [1.82, 2.24) is 19.5 Å². The van der Waals surface area contributed by atoms with E-state index in [9.17, 15) is 20.4 Å². The number of nitrogens with one attached hydrogen (secondary N) is 2. The average molecular weight is 522 g/mol. The molecule has 0 unspecified atom stereocenters. The molecule has 0 bridgehead atoms. The SMILES string of the molecule is Nc1ncnc2c1nc(NCc1ccc(-c3ccccc3)c(NCCCO)c1)n2[C@@H]1O[C@H](CO)[C@@H](O)[C@H]1O. The number of aliphatic hydroxyl groups is 4. The topological polar surface area (TPSA) is 184 Å². The predicted octanol–water partition coefficient (Wildman–Crippen LogP) is 1.09. The number of imidazole rings is 1. The van der Waals surface area contributed by atoms with Gasteiger partial charge in [0.05, 0.1) is 6.61 Å². The van der Waals surface area contributed by atoms with Crippen molar-refractivity contribution < 1.29 is 25.2 Å². The minimum atomic E-state index is -1.33. The van der Waals surface area contributed by atoms with Gasteiger partial charge in [-0.25, -0.2) is 15.0 Å². The summed E-state index contributed by atoms with van der Waals surface area (Å²) in [6.07, 6.45) is -2.72. The molecule has 4 aromatic rings. The second kappa shape index (κ2) is 11.3. The van der Waals surface area contributed by atoms with Crippen molar-refractivity contribution in [2.45, 2.75) is 37.5 Å². The van der Waals surface area contributed by atoms with Crippen LogP contribution in [-0.2, 0) is 11.3 Å². The lowest BCUT2D eigenvalue weighted by Crippen LogP contribution is -2.33. The largest absolute Gasteiger partial charge is 0.396 e. The van der Waals surface area contributed by atoms with Gasteiger partial charge in [0.2, 0.25) is 5.95 Å². The molecule has 38 heavy (non-hydrogen) atoms. The van der Waals surface area contributed by atoms with Crippen LogP contribution in [0, 0.1) is 0 Å². The number of aromatic nitrogens is 4. The number of nitrogen functional groups attached to an aromatic ring is 1. The van der Waals surface area contributed by atoms with Crippen LogP contribution in [0.4, 0.5) is 17.5 Å². The third-order valence-corrected chi connectivity index (χ3v) is 6.55. The molecule has 3 heterocycles. The van der Waals surface area contributed by atoms with Crippen LogP contribution in [0.5, 0.6) is 0 Å². The summed E-state index contributed by atoms with van der Waals surface area (Å²) in [4.78, 5) is 12.8. The van der Waals surface area contributed by atoms with E-state index in [0.717, 1.165) is 22.4 Å². The number of hydrogen-bond acceptors (Lipinski definition) is 11. The molecule has 8 N–H and O–H groups in total. The molecule has 0 aliphatic carbocycles. The van der Waals surface area contributed by atoms with Gasteiger partial charge in [-0.05, 0) is 23.6 Å². The fourth-order valence-electron chi connectivity index (χ4n) is 4.59. The molecule has 1 aliphatic heterocycles. The number of nitrogens with two attached hydrogens (primary N) is 1. The highest BCUT2D eigenvalue weighted by Crippen LogP contribution is 2.35. The van der Waals surface area contributed by atoms with Gasteiger partial charge in [0.1, 0.15) is 24.6 Å².